The molecule has 3 heterocycles. The molecule has 0 aliphatic rings. The molecule has 3 aromatic heterocycles. The number of hydrogen-bond donors (Lipinski definition) is 0. The Labute approximate surface area is 258 Å². The quantitative estimate of drug-likeness (QED) is 0.201. The number of benzene rings is 5. The van der Waals surface area contributed by atoms with E-state index in [1.165, 1.54) is 0 Å². The van der Waals surface area contributed by atoms with Crippen molar-refractivity contribution >= 4 is 33.7 Å². The topological polar surface area (TPSA) is 64.7 Å². The van der Waals surface area contributed by atoms with Gasteiger partial charge in [0.1, 0.15) is 11.1 Å². The minimum atomic E-state index is 0.514. The van der Waals surface area contributed by atoms with Gasteiger partial charge in [-0.05, 0) is 34.4 Å². The number of nitrogens with zero attached hydrogens (tertiary/aromatic N) is 4. The maximum absolute atomic E-state index is 6.23. The molecular formula is C38H23ClN4O. The third-order valence-electron chi connectivity index (χ3n) is 7.66. The number of hydrogen-bond acceptors (Lipinski definition) is 5. The van der Waals surface area contributed by atoms with E-state index in [0.717, 1.165) is 44.3 Å². The highest BCUT2D eigenvalue weighted by Gasteiger charge is 2.19. The largest absolute Gasteiger partial charge is 0.454 e. The van der Waals surface area contributed by atoms with Crippen molar-refractivity contribution in [2.45, 2.75) is 0 Å². The van der Waals surface area contributed by atoms with Gasteiger partial charge < -0.3 is 4.42 Å². The van der Waals surface area contributed by atoms with Crippen molar-refractivity contribution in [3.63, 3.8) is 0 Å². The van der Waals surface area contributed by atoms with Gasteiger partial charge in [0, 0.05) is 29.0 Å². The van der Waals surface area contributed by atoms with E-state index in [-0.39, 0.29) is 0 Å². The lowest BCUT2D eigenvalue weighted by Gasteiger charge is -2.11. The molecular weight excluding hydrogens is 564 g/mol. The SMILES string of the molecule is Clc1cnc2c(c1)oc1cccc(-c3nc(-c4ccc(-c5ccccc5)cc4)nc(-c4cccc(-c5ccccc5)c4)n3)c12. The number of furan rings is 1. The van der Waals surface area contributed by atoms with Gasteiger partial charge in [-0.25, -0.2) is 15.0 Å². The number of aromatic nitrogens is 4. The van der Waals surface area contributed by atoms with E-state index in [2.05, 4.69) is 65.6 Å². The Hall–Kier alpha value is -5.65. The minimum Gasteiger partial charge on any atom is -0.454 e. The molecule has 0 atom stereocenters. The number of halogens is 1. The van der Waals surface area contributed by atoms with Crippen LogP contribution in [0.2, 0.25) is 5.02 Å². The van der Waals surface area contributed by atoms with Gasteiger partial charge in [0.25, 0.3) is 0 Å². The van der Waals surface area contributed by atoms with E-state index in [0.29, 0.717) is 39.2 Å². The lowest BCUT2D eigenvalue weighted by Crippen LogP contribution is -2.00. The van der Waals surface area contributed by atoms with Gasteiger partial charge in [0.2, 0.25) is 0 Å². The molecule has 0 aliphatic carbocycles. The number of fused-ring (bicyclic) bond motifs is 3. The second-order valence-electron chi connectivity index (χ2n) is 10.5. The Bertz CT molecular complexity index is 2280. The lowest BCUT2D eigenvalue weighted by atomic mass is 10.0. The zero-order valence-corrected chi connectivity index (χ0v) is 24.1. The summed E-state index contributed by atoms with van der Waals surface area (Å²) in [6, 6.07) is 44.8. The Kier molecular flexibility index (Phi) is 6.43. The van der Waals surface area contributed by atoms with Crippen molar-refractivity contribution in [1.29, 1.82) is 0 Å². The van der Waals surface area contributed by atoms with Crippen LogP contribution in [0.3, 0.4) is 0 Å². The first-order valence-electron chi connectivity index (χ1n) is 14.2. The predicted octanol–water partition coefficient (Wildman–Crippen LogP) is 10.2. The van der Waals surface area contributed by atoms with Crippen LogP contribution in [-0.4, -0.2) is 19.9 Å². The summed E-state index contributed by atoms with van der Waals surface area (Å²) < 4.78 is 6.13. The van der Waals surface area contributed by atoms with Crippen LogP contribution in [0.1, 0.15) is 0 Å². The average Bonchev–Trinajstić information content (AvgIpc) is 3.47. The normalized spacial score (nSPS) is 11.3. The molecule has 44 heavy (non-hydrogen) atoms. The third-order valence-corrected chi connectivity index (χ3v) is 7.86. The van der Waals surface area contributed by atoms with Crippen LogP contribution in [0.25, 0.3) is 78.5 Å². The summed E-state index contributed by atoms with van der Waals surface area (Å²) >= 11 is 6.23. The Balaban J connectivity index is 1.32. The minimum absolute atomic E-state index is 0.514. The Morgan fingerprint density at radius 2 is 1.02 bits per heavy atom. The molecule has 5 aromatic carbocycles. The van der Waals surface area contributed by atoms with Gasteiger partial charge in [-0.1, -0.05) is 127 Å². The molecule has 208 valence electrons. The van der Waals surface area contributed by atoms with Gasteiger partial charge in [0.15, 0.2) is 23.1 Å². The standard InChI is InChI=1S/C38H23ClN4O/c39-30-22-33-35(40-23-30)34-31(15-8-16-32(34)44-33)38-42-36(27-19-17-26(18-20-27)24-9-3-1-4-10-24)41-37(43-38)29-14-7-13-28(21-29)25-11-5-2-6-12-25/h1-23H. The van der Waals surface area contributed by atoms with E-state index in [9.17, 15) is 0 Å². The second-order valence-corrected chi connectivity index (χ2v) is 10.9. The van der Waals surface area contributed by atoms with Crippen LogP contribution in [0.5, 0.6) is 0 Å². The summed E-state index contributed by atoms with van der Waals surface area (Å²) in [5.41, 5.74) is 9.09. The summed E-state index contributed by atoms with van der Waals surface area (Å²) in [5, 5.41) is 1.35. The van der Waals surface area contributed by atoms with Gasteiger partial charge >= 0.3 is 0 Å². The highest BCUT2D eigenvalue weighted by molar-refractivity contribution is 6.31. The first kappa shape index (κ1) is 26.0. The second kappa shape index (κ2) is 10.9. The molecule has 0 radical (unpaired) electrons. The summed E-state index contributed by atoms with van der Waals surface area (Å²) in [7, 11) is 0. The van der Waals surface area contributed by atoms with Crippen LogP contribution in [0.4, 0.5) is 0 Å². The summed E-state index contributed by atoms with van der Waals surface area (Å²) in [6.07, 6.45) is 1.63. The van der Waals surface area contributed by atoms with Crippen molar-refractivity contribution in [3.05, 3.63) is 145 Å². The molecule has 0 spiro atoms. The monoisotopic (exact) mass is 586 g/mol. The van der Waals surface area contributed by atoms with Crippen LogP contribution in [0, 0.1) is 0 Å². The van der Waals surface area contributed by atoms with E-state index in [4.69, 9.17) is 31.0 Å². The maximum atomic E-state index is 6.23. The highest BCUT2D eigenvalue weighted by Crippen LogP contribution is 2.36. The molecule has 8 rings (SSSR count). The van der Waals surface area contributed by atoms with Crippen molar-refractivity contribution in [3.8, 4) is 56.4 Å². The molecule has 0 aliphatic heterocycles. The van der Waals surface area contributed by atoms with Crippen molar-refractivity contribution < 1.29 is 4.42 Å². The zero-order valence-electron chi connectivity index (χ0n) is 23.4. The van der Waals surface area contributed by atoms with Crippen LogP contribution < -0.4 is 0 Å². The molecule has 0 bridgehead atoms. The lowest BCUT2D eigenvalue weighted by molar-refractivity contribution is 0.668. The van der Waals surface area contributed by atoms with Gasteiger partial charge in [-0.2, -0.15) is 0 Å². The van der Waals surface area contributed by atoms with Gasteiger partial charge in [-0.15, -0.1) is 0 Å². The van der Waals surface area contributed by atoms with Crippen molar-refractivity contribution in [2.24, 2.45) is 0 Å². The molecule has 8 aromatic rings. The molecule has 0 saturated heterocycles. The van der Waals surface area contributed by atoms with E-state index in [1.807, 2.05) is 66.7 Å². The van der Waals surface area contributed by atoms with Gasteiger partial charge in [0.05, 0.1) is 10.4 Å². The molecule has 5 nitrogen and oxygen atoms in total. The first-order chi connectivity index (χ1) is 21.7. The highest BCUT2D eigenvalue weighted by atomic mass is 35.5. The Morgan fingerprint density at radius 3 is 1.77 bits per heavy atom. The van der Waals surface area contributed by atoms with Gasteiger partial charge in [-0.3, -0.25) is 4.98 Å². The number of rotatable bonds is 5. The van der Waals surface area contributed by atoms with Crippen LogP contribution >= 0.6 is 11.6 Å². The maximum Gasteiger partial charge on any atom is 0.164 e. The summed E-state index contributed by atoms with van der Waals surface area (Å²) in [6.45, 7) is 0. The smallest absolute Gasteiger partial charge is 0.164 e. The van der Waals surface area contributed by atoms with Crippen molar-refractivity contribution in [1.82, 2.24) is 19.9 Å². The fraction of sp³-hybridized carbons (Fsp3) is 0. The number of pyridine rings is 1. The molecule has 0 amide bonds. The molecule has 0 unspecified atom stereocenters. The molecule has 0 fully saturated rings. The zero-order chi connectivity index (χ0) is 29.5. The van der Waals surface area contributed by atoms with E-state index >= 15 is 0 Å². The van der Waals surface area contributed by atoms with Crippen LogP contribution in [-0.2, 0) is 0 Å². The predicted molar refractivity (Wildman–Crippen MR) is 177 cm³/mol. The first-order valence-corrected chi connectivity index (χ1v) is 14.6. The fourth-order valence-corrected chi connectivity index (χ4v) is 5.66. The Morgan fingerprint density at radius 1 is 0.455 bits per heavy atom. The van der Waals surface area contributed by atoms with Crippen LogP contribution in [0.15, 0.2) is 144 Å². The molecule has 0 saturated carbocycles. The summed E-state index contributed by atoms with van der Waals surface area (Å²) in [5.74, 6) is 1.69. The average molecular weight is 587 g/mol. The molecule has 0 N–H and O–H groups in total. The fourth-order valence-electron chi connectivity index (χ4n) is 5.52. The van der Waals surface area contributed by atoms with E-state index < -0.39 is 0 Å². The van der Waals surface area contributed by atoms with Crippen molar-refractivity contribution in [2.75, 3.05) is 0 Å². The molecule has 6 heteroatoms. The third kappa shape index (κ3) is 4.79. The van der Waals surface area contributed by atoms with E-state index in [1.54, 1.807) is 12.3 Å². The summed E-state index contributed by atoms with van der Waals surface area (Å²) in [4.78, 5) is 19.7.